The van der Waals surface area contributed by atoms with Crippen molar-refractivity contribution in [1.29, 1.82) is 0 Å². The zero-order chi connectivity index (χ0) is 33.8. The monoisotopic (exact) mass is 659 g/mol. The first-order valence-corrected chi connectivity index (χ1v) is 15.3. The van der Waals surface area contributed by atoms with Gasteiger partial charge in [0, 0.05) is 24.3 Å². The largest absolute Gasteiger partial charge is 0.444 e. The Morgan fingerprint density at radius 3 is 2.30 bits per heavy atom. The Morgan fingerprint density at radius 2 is 1.72 bits per heavy atom. The number of hydrogen-bond acceptors (Lipinski definition) is 5. The molecular formula is C33H37ClF3N5O4. The van der Waals surface area contributed by atoms with Gasteiger partial charge in [0.15, 0.2) is 0 Å². The van der Waals surface area contributed by atoms with Crippen molar-refractivity contribution in [2.45, 2.75) is 71.8 Å². The Kier molecular flexibility index (Phi) is 10.5. The number of ether oxygens (including phenoxy) is 1. The lowest BCUT2D eigenvalue weighted by atomic mass is 10.0. The quantitative estimate of drug-likeness (QED) is 0.184. The number of aryl methyl sites for hydroxylation is 1. The normalized spacial score (nSPS) is 12.6. The van der Waals surface area contributed by atoms with Crippen molar-refractivity contribution >= 4 is 29.1 Å². The fourth-order valence-electron chi connectivity index (χ4n) is 5.15. The maximum atomic E-state index is 14.1. The van der Waals surface area contributed by atoms with Crippen molar-refractivity contribution in [3.05, 3.63) is 104 Å². The smallest absolute Gasteiger partial charge is 0.416 e. The second-order valence-corrected chi connectivity index (χ2v) is 12.3. The minimum Gasteiger partial charge on any atom is -0.444 e. The van der Waals surface area contributed by atoms with E-state index in [1.807, 2.05) is 37.3 Å². The number of nitrogens with zero attached hydrogens (tertiary/aromatic N) is 4. The van der Waals surface area contributed by atoms with Gasteiger partial charge in [-0.25, -0.2) is 9.59 Å². The van der Waals surface area contributed by atoms with Crippen LogP contribution in [0.15, 0.2) is 65.5 Å². The lowest BCUT2D eigenvalue weighted by Gasteiger charge is -2.33. The van der Waals surface area contributed by atoms with Gasteiger partial charge in [0.25, 0.3) is 5.91 Å². The van der Waals surface area contributed by atoms with E-state index in [2.05, 4.69) is 10.4 Å². The predicted molar refractivity (Wildman–Crippen MR) is 169 cm³/mol. The fraction of sp³-hybridized carbons (Fsp3) is 0.394. The first kappa shape index (κ1) is 34.6. The molecule has 13 heteroatoms. The molecule has 2 aromatic carbocycles. The van der Waals surface area contributed by atoms with E-state index in [0.717, 1.165) is 29.8 Å². The summed E-state index contributed by atoms with van der Waals surface area (Å²) in [6, 6.07) is 14.3. The molecule has 46 heavy (non-hydrogen) atoms. The summed E-state index contributed by atoms with van der Waals surface area (Å²) in [5.74, 6) is -0.535. The number of hydrogen-bond donors (Lipinski definition) is 1. The second-order valence-electron chi connectivity index (χ2n) is 11.9. The molecule has 0 spiro atoms. The third kappa shape index (κ3) is 8.09. The van der Waals surface area contributed by atoms with Gasteiger partial charge in [0.05, 0.1) is 34.4 Å². The second kappa shape index (κ2) is 14.0. The average Bonchev–Trinajstić information content (AvgIpc) is 3.28. The molecule has 0 radical (unpaired) electrons. The fourth-order valence-corrected chi connectivity index (χ4v) is 5.32. The van der Waals surface area contributed by atoms with Crippen LogP contribution in [0.1, 0.15) is 79.5 Å². The summed E-state index contributed by atoms with van der Waals surface area (Å²) in [6.45, 7) is 9.18. The van der Waals surface area contributed by atoms with Crippen LogP contribution in [0.25, 0.3) is 5.52 Å². The first-order chi connectivity index (χ1) is 21.6. The molecule has 0 saturated heterocycles. The Hall–Kier alpha value is -4.32. The van der Waals surface area contributed by atoms with E-state index in [1.54, 1.807) is 33.8 Å². The standard InChI is InChI=1S/C33H37ClF3N5O4/c1-6-25(26-19-27-28(34)21(2)39-42(27)31(45)41(26)20-22-11-8-7-9-12-22)40(18-10-17-38-30(44)46-32(3,4)5)29(43)23-13-15-24(16-14-23)33(35,36)37/h7-9,11-16,19,25H,6,10,17-18,20H2,1-5H3,(H,38,44)/t25-/m1/s1. The van der Waals surface area contributed by atoms with Gasteiger partial charge in [0.1, 0.15) is 5.60 Å². The summed E-state index contributed by atoms with van der Waals surface area (Å²) in [7, 11) is 0. The van der Waals surface area contributed by atoms with Crippen molar-refractivity contribution in [3.63, 3.8) is 0 Å². The summed E-state index contributed by atoms with van der Waals surface area (Å²) in [4.78, 5) is 41.8. The molecule has 9 nitrogen and oxygen atoms in total. The Bertz CT molecular complexity index is 1750. The summed E-state index contributed by atoms with van der Waals surface area (Å²) < 4.78 is 47.9. The number of rotatable bonds is 10. The molecule has 1 N–H and O–H groups in total. The van der Waals surface area contributed by atoms with Crippen LogP contribution in [0.3, 0.4) is 0 Å². The minimum absolute atomic E-state index is 0.0443. The van der Waals surface area contributed by atoms with Crippen molar-refractivity contribution in [1.82, 2.24) is 24.4 Å². The van der Waals surface area contributed by atoms with E-state index in [0.29, 0.717) is 34.8 Å². The Balaban J connectivity index is 1.78. The number of nitrogens with one attached hydrogen (secondary N) is 1. The molecule has 0 fully saturated rings. The summed E-state index contributed by atoms with van der Waals surface area (Å²) in [5, 5.41) is 7.29. The van der Waals surface area contributed by atoms with Crippen molar-refractivity contribution in [2.24, 2.45) is 0 Å². The van der Waals surface area contributed by atoms with Gasteiger partial charge in [-0.3, -0.25) is 9.36 Å². The molecule has 0 saturated carbocycles. The van der Waals surface area contributed by atoms with E-state index in [4.69, 9.17) is 16.3 Å². The van der Waals surface area contributed by atoms with E-state index in [1.165, 1.54) is 14.0 Å². The van der Waals surface area contributed by atoms with Crippen molar-refractivity contribution < 1.29 is 27.5 Å². The Morgan fingerprint density at radius 1 is 1.07 bits per heavy atom. The average molecular weight is 660 g/mol. The summed E-state index contributed by atoms with van der Waals surface area (Å²) >= 11 is 6.56. The van der Waals surface area contributed by atoms with Gasteiger partial charge in [-0.05, 0) is 76.4 Å². The lowest BCUT2D eigenvalue weighted by molar-refractivity contribution is -0.137. The molecule has 0 unspecified atom stereocenters. The summed E-state index contributed by atoms with van der Waals surface area (Å²) in [6.07, 6.45) is -4.54. The first-order valence-electron chi connectivity index (χ1n) is 14.9. The number of halogens is 4. The molecule has 0 aliphatic carbocycles. The molecule has 2 amide bonds. The molecular weight excluding hydrogens is 623 g/mol. The molecule has 246 valence electrons. The zero-order valence-corrected chi connectivity index (χ0v) is 27.1. The van der Waals surface area contributed by atoms with Crippen LogP contribution in [-0.4, -0.2) is 49.8 Å². The number of fused-ring (bicyclic) bond motifs is 1. The van der Waals surface area contributed by atoms with E-state index in [-0.39, 0.29) is 25.2 Å². The Labute approximate surface area is 269 Å². The third-order valence-corrected chi connectivity index (χ3v) is 7.75. The van der Waals surface area contributed by atoms with Gasteiger partial charge in [0.2, 0.25) is 0 Å². The van der Waals surface area contributed by atoms with Crippen LogP contribution >= 0.6 is 11.6 Å². The number of benzene rings is 2. The number of aromatic nitrogens is 3. The molecule has 0 aliphatic rings. The van der Waals surface area contributed by atoms with E-state index < -0.39 is 41.1 Å². The highest BCUT2D eigenvalue weighted by atomic mass is 35.5. The molecule has 0 aliphatic heterocycles. The van der Waals surface area contributed by atoms with Crippen molar-refractivity contribution in [3.8, 4) is 0 Å². The van der Waals surface area contributed by atoms with Gasteiger partial charge in [-0.2, -0.15) is 22.8 Å². The molecule has 0 bridgehead atoms. The third-order valence-electron chi connectivity index (χ3n) is 7.28. The highest BCUT2D eigenvalue weighted by Gasteiger charge is 2.32. The van der Waals surface area contributed by atoms with Crippen LogP contribution in [0.4, 0.5) is 18.0 Å². The highest BCUT2D eigenvalue weighted by molar-refractivity contribution is 6.34. The van der Waals surface area contributed by atoms with Crippen LogP contribution in [-0.2, 0) is 17.5 Å². The molecule has 4 aromatic rings. The summed E-state index contributed by atoms with van der Waals surface area (Å²) in [5.41, 5.74) is 0.147. The van der Waals surface area contributed by atoms with Gasteiger partial charge >= 0.3 is 18.0 Å². The predicted octanol–water partition coefficient (Wildman–Crippen LogP) is 7.03. The molecule has 2 aromatic heterocycles. The van der Waals surface area contributed by atoms with Crippen LogP contribution < -0.4 is 11.0 Å². The SMILES string of the molecule is CC[C@H](c1cc2c(Cl)c(C)nn2c(=O)n1Cc1ccccc1)N(CCCNC(=O)OC(C)(C)C)C(=O)c1ccc(C(F)(F)F)cc1. The van der Waals surface area contributed by atoms with Gasteiger partial charge < -0.3 is 15.0 Å². The number of carbonyl (C=O) groups is 2. The maximum absolute atomic E-state index is 14.1. The zero-order valence-electron chi connectivity index (χ0n) is 26.3. The topological polar surface area (TPSA) is 97.9 Å². The maximum Gasteiger partial charge on any atom is 0.416 e. The van der Waals surface area contributed by atoms with Crippen LogP contribution in [0, 0.1) is 6.92 Å². The number of alkyl carbamates (subject to hydrolysis) is 1. The van der Waals surface area contributed by atoms with Gasteiger partial charge in [-0.15, -0.1) is 0 Å². The molecule has 1 atom stereocenters. The highest BCUT2D eigenvalue weighted by Crippen LogP contribution is 2.32. The number of alkyl halides is 3. The number of amides is 2. The van der Waals surface area contributed by atoms with Gasteiger partial charge in [-0.1, -0.05) is 48.9 Å². The van der Waals surface area contributed by atoms with Crippen LogP contribution in [0.2, 0.25) is 5.02 Å². The lowest BCUT2D eigenvalue weighted by Crippen LogP contribution is -2.41. The molecule has 2 heterocycles. The van der Waals surface area contributed by atoms with E-state index in [9.17, 15) is 27.6 Å². The van der Waals surface area contributed by atoms with Crippen LogP contribution in [0.5, 0.6) is 0 Å². The molecule has 4 rings (SSSR count). The minimum atomic E-state index is -4.56. The van der Waals surface area contributed by atoms with Crippen molar-refractivity contribution in [2.75, 3.05) is 13.1 Å². The number of carbonyl (C=O) groups excluding carboxylic acids is 2. The van der Waals surface area contributed by atoms with E-state index >= 15 is 0 Å².